The molecule has 2 heterocycles. The Balaban J connectivity index is 1.32. The maximum Gasteiger partial charge on any atom is 0.320 e. The van der Waals surface area contributed by atoms with Crippen LogP contribution in [-0.4, -0.2) is 28.7 Å². The molecule has 4 aromatic rings. The van der Waals surface area contributed by atoms with Gasteiger partial charge >= 0.3 is 6.55 Å². The fourth-order valence-corrected chi connectivity index (χ4v) is 3.74. The number of nitrogens with zero attached hydrogens (tertiary/aromatic N) is 2. The molecule has 6 nitrogen and oxygen atoms in total. The van der Waals surface area contributed by atoms with Crippen LogP contribution in [-0.2, 0) is 11.2 Å². The van der Waals surface area contributed by atoms with Crippen molar-refractivity contribution < 1.29 is 23.0 Å². The highest BCUT2D eigenvalue weighted by molar-refractivity contribution is 5.92. The molecule has 1 amide bonds. The molecule has 0 fully saturated rings. The third kappa shape index (κ3) is 3.87. The lowest BCUT2D eigenvalue weighted by molar-refractivity contribution is -0.115. The van der Waals surface area contributed by atoms with Gasteiger partial charge in [-0.1, -0.05) is 18.2 Å². The van der Waals surface area contributed by atoms with Gasteiger partial charge in [-0.25, -0.2) is 4.98 Å². The molecular formula is C24H19F2N3O3. The number of alkyl halides is 2. The van der Waals surface area contributed by atoms with E-state index >= 15 is 0 Å². The van der Waals surface area contributed by atoms with Crippen LogP contribution in [0.5, 0.6) is 11.5 Å². The van der Waals surface area contributed by atoms with E-state index in [1.165, 1.54) is 0 Å². The van der Waals surface area contributed by atoms with E-state index in [9.17, 15) is 13.6 Å². The van der Waals surface area contributed by atoms with Crippen molar-refractivity contribution in [1.82, 2.24) is 9.55 Å². The third-order valence-electron chi connectivity index (χ3n) is 5.19. The second kappa shape index (κ2) is 8.30. The van der Waals surface area contributed by atoms with E-state index in [-0.39, 0.29) is 18.2 Å². The van der Waals surface area contributed by atoms with Crippen molar-refractivity contribution in [3.05, 3.63) is 72.3 Å². The number of amides is 1. The van der Waals surface area contributed by atoms with Gasteiger partial charge in [-0.3, -0.25) is 9.36 Å². The SMILES string of the molecule is O=C(Cc1ccc2c(c1)OCCO2)Nc1ccc(-c2nc3ccccc3n2C(F)F)cc1. The number of para-hydroxylation sites is 2. The van der Waals surface area contributed by atoms with E-state index in [0.29, 0.717) is 47.0 Å². The number of benzene rings is 3. The van der Waals surface area contributed by atoms with Gasteiger partial charge in [0.2, 0.25) is 5.91 Å². The first-order chi connectivity index (χ1) is 15.6. The van der Waals surface area contributed by atoms with Crippen LogP contribution < -0.4 is 14.8 Å². The summed E-state index contributed by atoms with van der Waals surface area (Å²) in [6.07, 6.45) is 0.166. The van der Waals surface area contributed by atoms with Gasteiger partial charge in [0.05, 0.1) is 17.5 Å². The maximum absolute atomic E-state index is 13.7. The number of rotatable bonds is 5. The molecule has 1 aliphatic rings. The largest absolute Gasteiger partial charge is 0.486 e. The molecule has 1 aromatic heterocycles. The smallest absolute Gasteiger partial charge is 0.320 e. The first-order valence-electron chi connectivity index (χ1n) is 10.1. The summed E-state index contributed by atoms with van der Waals surface area (Å²) >= 11 is 0. The molecule has 32 heavy (non-hydrogen) atoms. The highest BCUT2D eigenvalue weighted by atomic mass is 19.3. The quantitative estimate of drug-likeness (QED) is 0.476. The van der Waals surface area contributed by atoms with Gasteiger partial charge in [-0.15, -0.1) is 0 Å². The van der Waals surface area contributed by atoms with Crippen molar-refractivity contribution in [2.45, 2.75) is 13.0 Å². The molecule has 0 bridgehead atoms. The summed E-state index contributed by atoms with van der Waals surface area (Å²) in [5.41, 5.74) is 2.77. The average Bonchev–Trinajstić information content (AvgIpc) is 3.19. The summed E-state index contributed by atoms with van der Waals surface area (Å²) in [6, 6.07) is 18.9. The highest BCUT2D eigenvalue weighted by Gasteiger charge is 2.19. The zero-order chi connectivity index (χ0) is 22.1. The summed E-state index contributed by atoms with van der Waals surface area (Å²) in [6.45, 7) is -1.73. The molecule has 0 saturated heterocycles. The topological polar surface area (TPSA) is 65.4 Å². The number of imidazole rings is 1. The van der Waals surface area contributed by atoms with Crippen molar-refractivity contribution in [2.24, 2.45) is 0 Å². The Morgan fingerprint density at radius 2 is 1.75 bits per heavy atom. The fraction of sp³-hybridized carbons (Fsp3) is 0.167. The number of halogens is 2. The number of nitrogens with one attached hydrogen (secondary N) is 1. The van der Waals surface area contributed by atoms with Crippen molar-refractivity contribution in [2.75, 3.05) is 18.5 Å². The van der Waals surface area contributed by atoms with Gasteiger partial charge in [0.25, 0.3) is 0 Å². The number of carbonyl (C=O) groups excluding carboxylic acids is 1. The lowest BCUT2D eigenvalue weighted by Gasteiger charge is -2.18. The van der Waals surface area contributed by atoms with E-state index in [4.69, 9.17) is 9.47 Å². The minimum Gasteiger partial charge on any atom is -0.486 e. The zero-order valence-corrected chi connectivity index (χ0v) is 16.9. The van der Waals surface area contributed by atoms with Gasteiger partial charge in [0.1, 0.15) is 19.0 Å². The number of fused-ring (bicyclic) bond motifs is 2. The normalized spacial score (nSPS) is 12.8. The van der Waals surface area contributed by atoms with E-state index in [1.807, 2.05) is 6.07 Å². The van der Waals surface area contributed by atoms with Crippen molar-refractivity contribution in [3.8, 4) is 22.9 Å². The summed E-state index contributed by atoms with van der Waals surface area (Å²) in [5.74, 6) is 1.28. The average molecular weight is 435 g/mol. The third-order valence-corrected chi connectivity index (χ3v) is 5.19. The van der Waals surface area contributed by atoms with Crippen LogP contribution in [0.3, 0.4) is 0 Å². The molecule has 162 valence electrons. The predicted molar refractivity (Wildman–Crippen MR) is 116 cm³/mol. The Hall–Kier alpha value is -3.94. The van der Waals surface area contributed by atoms with Crippen LogP contribution in [0, 0.1) is 0 Å². The van der Waals surface area contributed by atoms with Crippen LogP contribution in [0.15, 0.2) is 66.7 Å². The Bertz CT molecular complexity index is 1290. The van der Waals surface area contributed by atoms with Gasteiger partial charge < -0.3 is 14.8 Å². The standard InChI is InChI=1S/C24H19F2N3O3/c25-24(26)29-19-4-2-1-3-18(19)28-23(29)16-6-8-17(9-7-16)27-22(30)14-15-5-10-20-21(13-15)32-12-11-31-20/h1-10,13,24H,11-12,14H2,(H,27,30). The summed E-state index contributed by atoms with van der Waals surface area (Å²) in [7, 11) is 0. The van der Waals surface area contributed by atoms with Gasteiger partial charge in [0, 0.05) is 11.3 Å². The molecule has 0 spiro atoms. The van der Waals surface area contributed by atoms with Gasteiger partial charge in [-0.2, -0.15) is 8.78 Å². The molecule has 0 saturated carbocycles. The van der Waals surface area contributed by atoms with E-state index in [1.54, 1.807) is 60.7 Å². The molecule has 8 heteroatoms. The molecule has 0 radical (unpaired) electrons. The summed E-state index contributed by atoms with van der Waals surface area (Å²) in [4.78, 5) is 16.8. The Morgan fingerprint density at radius 1 is 1.00 bits per heavy atom. The molecule has 1 aliphatic heterocycles. The van der Waals surface area contributed by atoms with E-state index in [0.717, 1.165) is 10.1 Å². The fourth-order valence-electron chi connectivity index (χ4n) is 3.74. The van der Waals surface area contributed by atoms with E-state index < -0.39 is 6.55 Å². The lowest BCUT2D eigenvalue weighted by Crippen LogP contribution is -2.17. The number of hydrogen-bond acceptors (Lipinski definition) is 4. The number of anilines is 1. The van der Waals surface area contributed by atoms with Crippen LogP contribution in [0.4, 0.5) is 14.5 Å². The molecule has 0 atom stereocenters. The van der Waals surface area contributed by atoms with Crippen LogP contribution in [0.1, 0.15) is 12.1 Å². The molecule has 0 aliphatic carbocycles. The first-order valence-corrected chi connectivity index (χ1v) is 10.1. The number of aromatic nitrogens is 2. The summed E-state index contributed by atoms with van der Waals surface area (Å²) < 4.78 is 39.3. The van der Waals surface area contributed by atoms with Crippen LogP contribution in [0.25, 0.3) is 22.4 Å². The Kier molecular flexibility index (Phi) is 5.18. The zero-order valence-electron chi connectivity index (χ0n) is 16.9. The molecule has 0 unspecified atom stereocenters. The second-order valence-electron chi connectivity index (χ2n) is 7.35. The monoisotopic (exact) mass is 435 g/mol. The summed E-state index contributed by atoms with van der Waals surface area (Å²) in [5, 5.41) is 2.83. The minimum atomic E-state index is -2.72. The lowest BCUT2D eigenvalue weighted by atomic mass is 10.1. The predicted octanol–water partition coefficient (Wildman–Crippen LogP) is 5.05. The molecule has 5 rings (SSSR count). The highest BCUT2D eigenvalue weighted by Crippen LogP contribution is 2.32. The van der Waals surface area contributed by atoms with Crippen molar-refractivity contribution >= 4 is 22.6 Å². The van der Waals surface area contributed by atoms with E-state index in [2.05, 4.69) is 10.3 Å². The number of hydrogen-bond donors (Lipinski definition) is 1. The van der Waals surface area contributed by atoms with Crippen LogP contribution in [0.2, 0.25) is 0 Å². The Labute approximate surface area is 182 Å². The maximum atomic E-state index is 13.7. The molecule has 3 aromatic carbocycles. The first kappa shape index (κ1) is 20.0. The van der Waals surface area contributed by atoms with Crippen molar-refractivity contribution in [1.29, 1.82) is 0 Å². The van der Waals surface area contributed by atoms with Crippen LogP contribution >= 0.6 is 0 Å². The van der Waals surface area contributed by atoms with Gasteiger partial charge in [0.15, 0.2) is 11.5 Å². The second-order valence-corrected chi connectivity index (χ2v) is 7.35. The number of carbonyl (C=O) groups is 1. The molecule has 1 N–H and O–H groups in total. The molecular weight excluding hydrogens is 416 g/mol. The Morgan fingerprint density at radius 3 is 2.53 bits per heavy atom. The van der Waals surface area contributed by atoms with Gasteiger partial charge in [-0.05, 0) is 54.1 Å². The van der Waals surface area contributed by atoms with Crippen molar-refractivity contribution in [3.63, 3.8) is 0 Å². The minimum absolute atomic E-state index is 0.166. The number of ether oxygens (including phenoxy) is 2.